The van der Waals surface area contributed by atoms with Gasteiger partial charge in [0.2, 0.25) is 0 Å². The van der Waals surface area contributed by atoms with Crippen LogP contribution in [0.2, 0.25) is 0 Å². The Morgan fingerprint density at radius 2 is 2.04 bits per heavy atom. The monoisotopic (exact) mass is 348 g/mol. The molecule has 0 saturated carbocycles. The number of fused-ring (bicyclic) bond motifs is 1. The molecule has 3 aromatic rings. The largest absolute Gasteiger partial charge is 0.368 e. The second kappa shape index (κ2) is 6.80. The first kappa shape index (κ1) is 16.6. The van der Waals surface area contributed by atoms with E-state index in [-0.39, 0.29) is 12.0 Å². The summed E-state index contributed by atoms with van der Waals surface area (Å²) in [6.45, 7) is 5.28. The van der Waals surface area contributed by atoms with Crippen molar-refractivity contribution in [3.8, 4) is 0 Å². The molecule has 4 rings (SSSR count). The van der Waals surface area contributed by atoms with Crippen molar-refractivity contribution in [3.05, 3.63) is 65.5 Å². The number of aromatic nitrogens is 3. The normalized spacial score (nSPS) is 17.5. The van der Waals surface area contributed by atoms with E-state index in [4.69, 9.17) is 4.74 Å². The minimum Gasteiger partial charge on any atom is -0.368 e. The van der Waals surface area contributed by atoms with E-state index in [0.29, 0.717) is 31.2 Å². The summed E-state index contributed by atoms with van der Waals surface area (Å²) < 4.78 is 5.87. The summed E-state index contributed by atoms with van der Waals surface area (Å²) in [5.41, 5.74) is 2.20. The highest BCUT2D eigenvalue weighted by atomic mass is 16.5. The van der Waals surface area contributed by atoms with Crippen molar-refractivity contribution in [2.45, 2.75) is 20.0 Å². The van der Waals surface area contributed by atoms with Gasteiger partial charge in [0.25, 0.3) is 5.91 Å². The molecule has 3 heterocycles. The van der Waals surface area contributed by atoms with Gasteiger partial charge in [-0.05, 0) is 31.4 Å². The zero-order valence-corrected chi connectivity index (χ0v) is 14.8. The maximum atomic E-state index is 13.1. The van der Waals surface area contributed by atoms with E-state index in [1.54, 1.807) is 11.1 Å². The minimum absolute atomic E-state index is 0.0717. The Labute approximate surface area is 151 Å². The fraction of sp³-hybridized carbons (Fsp3) is 0.300. The van der Waals surface area contributed by atoms with Crippen LogP contribution in [-0.4, -0.2) is 45.5 Å². The number of pyridine rings is 1. The second-order valence-corrected chi connectivity index (χ2v) is 6.47. The highest BCUT2D eigenvalue weighted by molar-refractivity contribution is 6.05. The van der Waals surface area contributed by atoms with Crippen molar-refractivity contribution in [2.24, 2.45) is 0 Å². The number of carbonyl (C=O) groups is 1. The van der Waals surface area contributed by atoms with Crippen molar-refractivity contribution in [2.75, 3.05) is 19.7 Å². The summed E-state index contributed by atoms with van der Waals surface area (Å²) in [4.78, 5) is 28.0. The molecule has 0 N–H and O–H groups in total. The first-order chi connectivity index (χ1) is 12.6. The first-order valence-electron chi connectivity index (χ1n) is 8.68. The van der Waals surface area contributed by atoms with Crippen molar-refractivity contribution in [1.29, 1.82) is 0 Å². The third-order valence-electron chi connectivity index (χ3n) is 4.55. The Morgan fingerprint density at radius 1 is 1.19 bits per heavy atom. The van der Waals surface area contributed by atoms with Crippen LogP contribution in [0, 0.1) is 13.8 Å². The molecule has 0 bridgehead atoms. The van der Waals surface area contributed by atoms with Crippen molar-refractivity contribution in [1.82, 2.24) is 19.9 Å². The Bertz CT molecular complexity index is 947. The molecule has 26 heavy (non-hydrogen) atoms. The summed E-state index contributed by atoms with van der Waals surface area (Å²) in [7, 11) is 0. The molecule has 1 aliphatic heterocycles. The predicted molar refractivity (Wildman–Crippen MR) is 97.8 cm³/mol. The molecular formula is C20H20N4O2. The average Bonchev–Trinajstić information content (AvgIpc) is 2.66. The van der Waals surface area contributed by atoms with Gasteiger partial charge in [-0.3, -0.25) is 9.78 Å². The highest BCUT2D eigenvalue weighted by Gasteiger charge is 2.28. The molecule has 1 fully saturated rings. The van der Waals surface area contributed by atoms with Crippen LogP contribution < -0.4 is 0 Å². The Hall–Kier alpha value is -2.86. The third-order valence-corrected chi connectivity index (χ3v) is 4.55. The molecule has 0 aliphatic carbocycles. The molecule has 1 saturated heterocycles. The Kier molecular flexibility index (Phi) is 4.34. The zero-order valence-electron chi connectivity index (χ0n) is 14.8. The molecule has 0 spiro atoms. The summed E-state index contributed by atoms with van der Waals surface area (Å²) in [5, 5.41) is 1.88. The van der Waals surface area contributed by atoms with Crippen LogP contribution in [0.1, 0.15) is 33.8 Å². The number of morpholine rings is 1. The SMILES string of the molecule is Cc1cc(C2CN(C(=O)c3nccc4ccccc34)CCO2)nc(C)n1. The van der Waals surface area contributed by atoms with E-state index in [0.717, 1.165) is 22.2 Å². The molecule has 0 radical (unpaired) electrons. The standard InChI is InChI=1S/C20H20N4O2/c1-13-11-17(23-14(2)22-13)18-12-24(9-10-26-18)20(25)19-16-6-4-3-5-15(16)7-8-21-19/h3-8,11,18H,9-10,12H2,1-2H3. The molecule has 132 valence electrons. The Balaban J connectivity index is 1.62. The molecule has 6 heteroatoms. The second-order valence-electron chi connectivity index (χ2n) is 6.47. The highest BCUT2D eigenvalue weighted by Crippen LogP contribution is 2.24. The van der Waals surface area contributed by atoms with Crippen LogP contribution in [0.3, 0.4) is 0 Å². The number of hydrogen-bond donors (Lipinski definition) is 0. The van der Waals surface area contributed by atoms with Crippen molar-refractivity contribution >= 4 is 16.7 Å². The van der Waals surface area contributed by atoms with Crippen LogP contribution in [0.25, 0.3) is 10.8 Å². The fourth-order valence-electron chi connectivity index (χ4n) is 3.36. The lowest BCUT2D eigenvalue weighted by Crippen LogP contribution is -2.42. The lowest BCUT2D eigenvalue weighted by molar-refractivity contribution is -0.0249. The van der Waals surface area contributed by atoms with E-state index in [1.165, 1.54) is 0 Å². The van der Waals surface area contributed by atoms with Gasteiger partial charge in [0.05, 0.1) is 18.8 Å². The van der Waals surface area contributed by atoms with Crippen molar-refractivity contribution < 1.29 is 9.53 Å². The van der Waals surface area contributed by atoms with Gasteiger partial charge in [0.15, 0.2) is 0 Å². The topological polar surface area (TPSA) is 68.2 Å². The molecule has 6 nitrogen and oxygen atoms in total. The van der Waals surface area contributed by atoms with E-state index in [2.05, 4.69) is 15.0 Å². The van der Waals surface area contributed by atoms with Gasteiger partial charge in [-0.15, -0.1) is 0 Å². The predicted octanol–water partition coefficient (Wildman–Crippen LogP) is 2.86. The van der Waals surface area contributed by atoms with Crippen LogP contribution in [0.5, 0.6) is 0 Å². The number of ether oxygens (including phenoxy) is 1. The number of amides is 1. The number of nitrogens with zero attached hydrogens (tertiary/aromatic N) is 4. The van der Waals surface area contributed by atoms with Gasteiger partial charge < -0.3 is 9.64 Å². The summed E-state index contributed by atoms with van der Waals surface area (Å²) in [5.74, 6) is 0.639. The number of benzene rings is 1. The van der Waals surface area contributed by atoms with Crippen LogP contribution >= 0.6 is 0 Å². The third kappa shape index (κ3) is 3.15. The molecule has 2 aromatic heterocycles. The average molecular weight is 348 g/mol. The zero-order chi connectivity index (χ0) is 18.1. The van der Waals surface area contributed by atoms with Gasteiger partial charge in [0, 0.05) is 23.8 Å². The van der Waals surface area contributed by atoms with Crippen LogP contribution in [0.4, 0.5) is 0 Å². The molecule has 1 aromatic carbocycles. The van der Waals surface area contributed by atoms with Crippen LogP contribution in [0.15, 0.2) is 42.6 Å². The van der Waals surface area contributed by atoms with Gasteiger partial charge in [-0.25, -0.2) is 9.97 Å². The quantitative estimate of drug-likeness (QED) is 0.712. The van der Waals surface area contributed by atoms with E-state index < -0.39 is 0 Å². The van der Waals surface area contributed by atoms with Gasteiger partial charge >= 0.3 is 0 Å². The Morgan fingerprint density at radius 3 is 2.88 bits per heavy atom. The van der Waals surface area contributed by atoms with Gasteiger partial charge in [-0.1, -0.05) is 24.3 Å². The van der Waals surface area contributed by atoms with E-state index in [9.17, 15) is 4.79 Å². The number of rotatable bonds is 2. The molecular weight excluding hydrogens is 328 g/mol. The lowest BCUT2D eigenvalue weighted by atomic mass is 10.1. The number of aryl methyl sites for hydroxylation is 2. The summed E-state index contributed by atoms with van der Waals surface area (Å²) >= 11 is 0. The molecule has 1 atom stereocenters. The van der Waals surface area contributed by atoms with Crippen molar-refractivity contribution in [3.63, 3.8) is 0 Å². The smallest absolute Gasteiger partial charge is 0.273 e. The van der Waals surface area contributed by atoms with Gasteiger partial charge in [0.1, 0.15) is 17.6 Å². The molecule has 1 amide bonds. The maximum absolute atomic E-state index is 13.1. The lowest BCUT2D eigenvalue weighted by Gasteiger charge is -2.32. The van der Waals surface area contributed by atoms with E-state index in [1.807, 2.05) is 50.2 Å². The number of hydrogen-bond acceptors (Lipinski definition) is 5. The number of carbonyl (C=O) groups excluding carboxylic acids is 1. The van der Waals surface area contributed by atoms with Crippen LogP contribution in [-0.2, 0) is 4.74 Å². The molecule has 1 aliphatic rings. The van der Waals surface area contributed by atoms with E-state index >= 15 is 0 Å². The maximum Gasteiger partial charge on any atom is 0.273 e. The summed E-state index contributed by atoms with van der Waals surface area (Å²) in [6.07, 6.45) is 1.44. The minimum atomic E-state index is -0.247. The molecule has 1 unspecified atom stereocenters. The fourth-order valence-corrected chi connectivity index (χ4v) is 3.36. The summed E-state index contributed by atoms with van der Waals surface area (Å²) in [6, 6.07) is 11.6. The first-order valence-corrected chi connectivity index (χ1v) is 8.68. The van der Waals surface area contributed by atoms with Gasteiger partial charge in [-0.2, -0.15) is 0 Å².